The zero-order chi connectivity index (χ0) is 19.3. The van der Waals surface area contributed by atoms with Gasteiger partial charge in [0, 0.05) is 6.04 Å². The second kappa shape index (κ2) is 8.53. The maximum Gasteiger partial charge on any atom is 0.262 e. The molecule has 0 aliphatic carbocycles. The lowest BCUT2D eigenvalue weighted by Gasteiger charge is -2.13. The van der Waals surface area contributed by atoms with Gasteiger partial charge in [-0.1, -0.05) is 23.7 Å². The number of rotatable bonds is 7. The molecule has 0 saturated heterocycles. The Morgan fingerprint density at radius 3 is 2.50 bits per heavy atom. The molecular weight excluding hydrogens is 376 g/mol. The molecule has 0 radical (unpaired) electrons. The van der Waals surface area contributed by atoms with Crippen molar-refractivity contribution in [2.24, 2.45) is 0 Å². The van der Waals surface area contributed by atoms with Crippen molar-refractivity contribution < 1.29 is 17.9 Å². The number of hydrogen-bond donors (Lipinski definition) is 2. The molecule has 0 saturated carbocycles. The Kier molecular flexibility index (Phi) is 6.63. The topological polar surface area (TPSA) is 84.5 Å². The SMILES string of the molecule is Cc1cc(S(=O)(=O)NC(C)C)ccc1OCC(=O)Nc1ccccc1Cl. The maximum atomic E-state index is 12.2. The van der Waals surface area contributed by atoms with Crippen molar-refractivity contribution in [3.05, 3.63) is 53.1 Å². The number of benzene rings is 2. The van der Waals surface area contributed by atoms with E-state index in [4.69, 9.17) is 16.3 Å². The number of sulfonamides is 1. The number of hydrogen-bond acceptors (Lipinski definition) is 4. The van der Waals surface area contributed by atoms with Crippen molar-refractivity contribution >= 4 is 33.2 Å². The molecule has 0 atom stereocenters. The van der Waals surface area contributed by atoms with Crippen LogP contribution in [-0.2, 0) is 14.8 Å². The summed E-state index contributed by atoms with van der Waals surface area (Å²) in [6.07, 6.45) is 0. The third-order valence-electron chi connectivity index (χ3n) is 3.35. The Hall–Kier alpha value is -2.09. The smallest absolute Gasteiger partial charge is 0.262 e. The van der Waals surface area contributed by atoms with Crippen molar-refractivity contribution in [1.29, 1.82) is 0 Å². The van der Waals surface area contributed by atoms with Crippen LogP contribution >= 0.6 is 11.6 Å². The van der Waals surface area contributed by atoms with Crippen LogP contribution in [0.5, 0.6) is 5.75 Å². The van der Waals surface area contributed by atoms with Crippen LogP contribution < -0.4 is 14.8 Å². The van der Waals surface area contributed by atoms with E-state index >= 15 is 0 Å². The average molecular weight is 397 g/mol. The van der Waals surface area contributed by atoms with E-state index in [1.807, 2.05) is 0 Å². The average Bonchev–Trinajstić information content (AvgIpc) is 2.54. The Morgan fingerprint density at radius 2 is 1.88 bits per heavy atom. The lowest BCUT2D eigenvalue weighted by Crippen LogP contribution is -2.30. The van der Waals surface area contributed by atoms with Crippen molar-refractivity contribution in [3.63, 3.8) is 0 Å². The van der Waals surface area contributed by atoms with Gasteiger partial charge in [0.2, 0.25) is 10.0 Å². The minimum absolute atomic E-state index is 0.150. The highest BCUT2D eigenvalue weighted by Gasteiger charge is 2.17. The predicted octanol–water partition coefficient (Wildman–Crippen LogP) is 3.35. The first kappa shape index (κ1) is 20.2. The van der Waals surface area contributed by atoms with Gasteiger partial charge in [-0.2, -0.15) is 0 Å². The van der Waals surface area contributed by atoms with Gasteiger partial charge >= 0.3 is 0 Å². The van der Waals surface area contributed by atoms with Gasteiger partial charge in [0.05, 0.1) is 15.6 Å². The zero-order valence-corrected chi connectivity index (χ0v) is 16.3. The molecule has 2 rings (SSSR count). The van der Waals surface area contributed by atoms with E-state index in [0.29, 0.717) is 22.0 Å². The van der Waals surface area contributed by atoms with Gasteiger partial charge in [-0.05, 0) is 56.7 Å². The van der Waals surface area contributed by atoms with Crippen LogP contribution in [0, 0.1) is 6.92 Å². The first-order valence-corrected chi connectivity index (χ1v) is 9.85. The van der Waals surface area contributed by atoms with Crippen LogP contribution in [0.15, 0.2) is 47.4 Å². The minimum Gasteiger partial charge on any atom is -0.483 e. The number of amides is 1. The molecule has 26 heavy (non-hydrogen) atoms. The van der Waals surface area contributed by atoms with Gasteiger partial charge in [0.15, 0.2) is 6.61 Å². The van der Waals surface area contributed by atoms with Crippen molar-refractivity contribution in [2.75, 3.05) is 11.9 Å². The van der Waals surface area contributed by atoms with Gasteiger partial charge < -0.3 is 10.1 Å². The summed E-state index contributed by atoms with van der Waals surface area (Å²) in [6.45, 7) is 5.00. The highest BCUT2D eigenvalue weighted by molar-refractivity contribution is 7.89. The highest BCUT2D eigenvalue weighted by Crippen LogP contribution is 2.23. The summed E-state index contributed by atoms with van der Waals surface area (Å²) in [5.41, 5.74) is 1.11. The van der Waals surface area contributed by atoms with Crippen LogP contribution in [-0.4, -0.2) is 27.0 Å². The molecular formula is C18H21ClN2O4S. The van der Waals surface area contributed by atoms with E-state index < -0.39 is 10.0 Å². The van der Waals surface area contributed by atoms with Crippen LogP contribution in [0.1, 0.15) is 19.4 Å². The summed E-state index contributed by atoms with van der Waals surface area (Å²) < 4.78 is 32.4. The third-order valence-corrected chi connectivity index (χ3v) is 5.34. The Labute approximate surface area is 158 Å². The van der Waals surface area contributed by atoms with E-state index in [1.54, 1.807) is 45.0 Å². The van der Waals surface area contributed by atoms with Gasteiger partial charge in [0.1, 0.15) is 5.75 Å². The molecule has 8 heteroatoms. The van der Waals surface area contributed by atoms with E-state index in [-0.39, 0.29) is 23.5 Å². The summed E-state index contributed by atoms with van der Waals surface area (Å²) in [6, 6.07) is 11.2. The highest BCUT2D eigenvalue weighted by atomic mass is 35.5. The van der Waals surface area contributed by atoms with Crippen molar-refractivity contribution in [1.82, 2.24) is 4.72 Å². The minimum atomic E-state index is -3.58. The number of carbonyl (C=O) groups is 1. The summed E-state index contributed by atoms with van der Waals surface area (Å²) in [5.74, 6) is 0.0680. The fourth-order valence-electron chi connectivity index (χ4n) is 2.22. The van der Waals surface area contributed by atoms with E-state index in [0.717, 1.165) is 0 Å². The molecule has 2 N–H and O–H groups in total. The molecule has 2 aromatic rings. The van der Waals surface area contributed by atoms with Crippen LogP contribution in [0.4, 0.5) is 5.69 Å². The van der Waals surface area contributed by atoms with Crippen LogP contribution in [0.3, 0.4) is 0 Å². The van der Waals surface area contributed by atoms with Gasteiger partial charge in [-0.15, -0.1) is 0 Å². The number of para-hydroxylation sites is 1. The monoisotopic (exact) mass is 396 g/mol. The number of anilines is 1. The van der Waals surface area contributed by atoms with Crippen LogP contribution in [0.25, 0.3) is 0 Å². The molecule has 0 aliphatic heterocycles. The summed E-state index contributed by atoms with van der Waals surface area (Å²) >= 11 is 5.99. The molecule has 0 unspecified atom stereocenters. The molecule has 0 aromatic heterocycles. The normalized spacial score (nSPS) is 11.4. The Balaban J connectivity index is 2.02. The number of carbonyl (C=O) groups excluding carboxylic acids is 1. The van der Waals surface area contributed by atoms with E-state index in [1.165, 1.54) is 18.2 Å². The lowest BCUT2D eigenvalue weighted by atomic mass is 10.2. The van der Waals surface area contributed by atoms with Gasteiger partial charge in [0.25, 0.3) is 5.91 Å². The fourth-order valence-corrected chi connectivity index (χ4v) is 3.74. The summed E-state index contributed by atoms with van der Waals surface area (Å²) in [4.78, 5) is 12.1. The fraction of sp³-hybridized carbons (Fsp3) is 0.278. The lowest BCUT2D eigenvalue weighted by molar-refractivity contribution is -0.118. The molecule has 6 nitrogen and oxygen atoms in total. The first-order chi connectivity index (χ1) is 12.2. The molecule has 1 amide bonds. The number of halogens is 1. The summed E-state index contributed by atoms with van der Waals surface area (Å²) in [7, 11) is -3.58. The Bertz CT molecular complexity index is 898. The number of ether oxygens (including phenoxy) is 1. The first-order valence-electron chi connectivity index (χ1n) is 7.99. The van der Waals surface area contributed by atoms with E-state index in [9.17, 15) is 13.2 Å². The maximum absolute atomic E-state index is 12.2. The largest absolute Gasteiger partial charge is 0.483 e. The Morgan fingerprint density at radius 1 is 1.19 bits per heavy atom. The van der Waals surface area contributed by atoms with Crippen molar-refractivity contribution in [3.8, 4) is 5.75 Å². The quantitative estimate of drug-likeness (QED) is 0.751. The predicted molar refractivity (Wildman–Crippen MR) is 102 cm³/mol. The molecule has 0 spiro atoms. The second-order valence-electron chi connectivity index (χ2n) is 6.02. The number of aryl methyl sites for hydroxylation is 1. The molecule has 0 heterocycles. The van der Waals surface area contributed by atoms with Crippen LogP contribution in [0.2, 0.25) is 5.02 Å². The molecule has 0 fully saturated rings. The van der Waals surface area contributed by atoms with E-state index in [2.05, 4.69) is 10.0 Å². The molecule has 2 aromatic carbocycles. The number of nitrogens with one attached hydrogen (secondary N) is 2. The van der Waals surface area contributed by atoms with Crippen molar-refractivity contribution in [2.45, 2.75) is 31.7 Å². The second-order valence-corrected chi connectivity index (χ2v) is 8.14. The molecule has 0 aliphatic rings. The van der Waals surface area contributed by atoms with Gasteiger partial charge in [-0.25, -0.2) is 13.1 Å². The standard InChI is InChI=1S/C18H21ClN2O4S/c1-12(2)21-26(23,24)14-8-9-17(13(3)10-14)25-11-18(22)20-16-7-5-4-6-15(16)19/h4-10,12,21H,11H2,1-3H3,(H,20,22). The third kappa shape index (κ3) is 5.45. The summed E-state index contributed by atoms with van der Waals surface area (Å²) in [5, 5.41) is 3.09. The van der Waals surface area contributed by atoms with Gasteiger partial charge in [-0.3, -0.25) is 4.79 Å². The molecule has 140 valence electrons. The zero-order valence-electron chi connectivity index (χ0n) is 14.7. The molecule has 0 bridgehead atoms.